The fourth-order valence-corrected chi connectivity index (χ4v) is 2.22. The van der Waals surface area contributed by atoms with Crippen molar-refractivity contribution in [2.24, 2.45) is 0 Å². The Morgan fingerprint density at radius 3 is 2.26 bits per heavy atom. The molecule has 0 atom stereocenters. The molecule has 0 aromatic heterocycles. The number of halogens is 3. The molecule has 3 amide bonds. The fraction of sp³-hybridized carbons (Fsp3) is 0.0667. The van der Waals surface area contributed by atoms with Crippen LogP contribution >= 0.6 is 39.1 Å². The predicted molar refractivity (Wildman–Crippen MR) is 96.3 cm³/mol. The molecule has 0 saturated carbocycles. The molecule has 8 heteroatoms. The van der Waals surface area contributed by atoms with Crippen LogP contribution in [-0.2, 0) is 4.79 Å². The third-order valence-corrected chi connectivity index (χ3v) is 4.00. The summed E-state index contributed by atoms with van der Waals surface area (Å²) in [5.74, 6) is -0.481. The maximum Gasteiger partial charge on any atom is 0.325 e. The van der Waals surface area contributed by atoms with E-state index in [1.807, 2.05) is 0 Å². The highest BCUT2D eigenvalue weighted by Gasteiger charge is 2.08. The Hall–Kier alpha value is -1.76. The number of anilines is 2. The molecule has 0 radical (unpaired) electrons. The minimum atomic E-state index is -0.603. The van der Waals surface area contributed by atoms with E-state index >= 15 is 0 Å². The first-order valence-electron chi connectivity index (χ1n) is 6.49. The molecule has 0 saturated heterocycles. The Kier molecular flexibility index (Phi) is 6.27. The van der Waals surface area contributed by atoms with Crippen LogP contribution in [0.3, 0.4) is 0 Å². The normalized spacial score (nSPS) is 10.0. The summed E-state index contributed by atoms with van der Waals surface area (Å²) in [6, 6.07) is 11.3. The Bertz CT molecular complexity index is 723. The third kappa shape index (κ3) is 5.74. The summed E-state index contributed by atoms with van der Waals surface area (Å²) in [6.07, 6.45) is 0. The number of imide groups is 1. The minimum absolute atomic E-state index is 0.0777. The Morgan fingerprint density at radius 2 is 1.61 bits per heavy atom. The molecule has 120 valence electrons. The van der Waals surface area contributed by atoms with Gasteiger partial charge in [0, 0.05) is 15.8 Å². The number of hydrogen-bond donors (Lipinski definition) is 3. The number of rotatable bonds is 4. The average molecular weight is 417 g/mol. The summed E-state index contributed by atoms with van der Waals surface area (Å²) in [7, 11) is 0. The second-order valence-electron chi connectivity index (χ2n) is 4.49. The topological polar surface area (TPSA) is 70.2 Å². The van der Waals surface area contributed by atoms with Gasteiger partial charge in [0.05, 0.1) is 16.6 Å². The van der Waals surface area contributed by atoms with E-state index in [0.29, 0.717) is 21.4 Å². The number of amides is 3. The number of benzene rings is 2. The SMILES string of the molecule is O=C(CNc1ccc(Cl)c(Cl)c1)NC(=O)Nc1ccc(Br)cc1. The van der Waals surface area contributed by atoms with Gasteiger partial charge in [0.2, 0.25) is 5.91 Å². The highest BCUT2D eigenvalue weighted by molar-refractivity contribution is 9.10. The van der Waals surface area contributed by atoms with Crippen molar-refractivity contribution in [3.05, 3.63) is 57.0 Å². The van der Waals surface area contributed by atoms with Crippen LogP contribution < -0.4 is 16.0 Å². The number of hydrogen-bond acceptors (Lipinski definition) is 3. The molecular weight excluding hydrogens is 405 g/mol. The van der Waals surface area contributed by atoms with Gasteiger partial charge in [-0.25, -0.2) is 4.79 Å². The van der Waals surface area contributed by atoms with E-state index in [0.717, 1.165) is 4.47 Å². The van der Waals surface area contributed by atoms with E-state index < -0.39 is 11.9 Å². The molecule has 0 aliphatic heterocycles. The van der Waals surface area contributed by atoms with Gasteiger partial charge in [-0.05, 0) is 42.5 Å². The van der Waals surface area contributed by atoms with Gasteiger partial charge in [-0.15, -0.1) is 0 Å². The lowest BCUT2D eigenvalue weighted by molar-refractivity contribution is -0.118. The quantitative estimate of drug-likeness (QED) is 0.686. The third-order valence-electron chi connectivity index (χ3n) is 2.73. The number of urea groups is 1. The van der Waals surface area contributed by atoms with Crippen LogP contribution in [-0.4, -0.2) is 18.5 Å². The average Bonchev–Trinajstić information content (AvgIpc) is 2.51. The molecule has 0 heterocycles. The lowest BCUT2D eigenvalue weighted by Crippen LogP contribution is -2.37. The van der Waals surface area contributed by atoms with Crippen LogP contribution in [0.2, 0.25) is 10.0 Å². The standard InChI is InChI=1S/C15H12BrCl2N3O2/c16-9-1-3-10(4-2-9)20-15(23)21-14(22)8-19-11-5-6-12(17)13(18)7-11/h1-7,19H,8H2,(H2,20,21,22,23). The lowest BCUT2D eigenvalue weighted by Gasteiger charge is -2.09. The minimum Gasteiger partial charge on any atom is -0.376 e. The second kappa shape index (κ2) is 8.19. The van der Waals surface area contributed by atoms with Gasteiger partial charge < -0.3 is 10.6 Å². The largest absolute Gasteiger partial charge is 0.376 e. The maximum absolute atomic E-state index is 11.7. The van der Waals surface area contributed by atoms with Gasteiger partial charge >= 0.3 is 6.03 Å². The highest BCUT2D eigenvalue weighted by Crippen LogP contribution is 2.24. The summed E-state index contributed by atoms with van der Waals surface area (Å²) in [6.45, 7) is -0.0777. The van der Waals surface area contributed by atoms with E-state index in [1.165, 1.54) is 0 Å². The van der Waals surface area contributed by atoms with Gasteiger partial charge in [0.15, 0.2) is 0 Å². The van der Waals surface area contributed by atoms with Crippen molar-refractivity contribution in [1.29, 1.82) is 0 Å². The molecule has 23 heavy (non-hydrogen) atoms. The van der Waals surface area contributed by atoms with Gasteiger partial charge in [0.1, 0.15) is 0 Å². The van der Waals surface area contributed by atoms with Crippen LogP contribution in [0.4, 0.5) is 16.2 Å². The highest BCUT2D eigenvalue weighted by atomic mass is 79.9. The number of nitrogens with one attached hydrogen (secondary N) is 3. The smallest absolute Gasteiger partial charge is 0.325 e. The van der Waals surface area contributed by atoms with Crippen molar-refractivity contribution < 1.29 is 9.59 Å². The van der Waals surface area contributed by atoms with Gasteiger partial charge in [-0.3, -0.25) is 10.1 Å². The first-order chi connectivity index (χ1) is 10.9. The van der Waals surface area contributed by atoms with Crippen molar-refractivity contribution in [2.75, 3.05) is 17.2 Å². The summed E-state index contributed by atoms with van der Waals surface area (Å²) in [4.78, 5) is 23.4. The molecule has 2 aromatic carbocycles. The van der Waals surface area contributed by atoms with E-state index in [4.69, 9.17) is 23.2 Å². The molecule has 0 spiro atoms. The van der Waals surface area contributed by atoms with Gasteiger partial charge in [-0.1, -0.05) is 39.1 Å². The van der Waals surface area contributed by atoms with Crippen LogP contribution in [0.15, 0.2) is 46.9 Å². The predicted octanol–water partition coefficient (Wildman–Crippen LogP) is 4.52. The number of carbonyl (C=O) groups excluding carboxylic acids is 2. The van der Waals surface area contributed by atoms with Gasteiger partial charge in [-0.2, -0.15) is 0 Å². The lowest BCUT2D eigenvalue weighted by atomic mass is 10.3. The molecule has 0 aliphatic rings. The molecule has 2 rings (SSSR count). The fourth-order valence-electron chi connectivity index (χ4n) is 1.65. The summed E-state index contributed by atoms with van der Waals surface area (Å²) in [5, 5.41) is 8.43. The van der Waals surface area contributed by atoms with Crippen molar-refractivity contribution in [1.82, 2.24) is 5.32 Å². The molecule has 0 aliphatic carbocycles. The Balaban J connectivity index is 1.80. The number of carbonyl (C=O) groups is 2. The first kappa shape index (κ1) is 17.6. The van der Waals surface area contributed by atoms with Crippen LogP contribution in [0.5, 0.6) is 0 Å². The summed E-state index contributed by atoms with van der Waals surface area (Å²) in [5.41, 5.74) is 1.21. The maximum atomic E-state index is 11.7. The Labute approximate surface area is 151 Å². The van der Waals surface area contributed by atoms with Crippen molar-refractivity contribution >= 4 is 62.4 Å². The zero-order chi connectivity index (χ0) is 16.8. The first-order valence-corrected chi connectivity index (χ1v) is 8.04. The molecule has 5 nitrogen and oxygen atoms in total. The van der Waals surface area contributed by atoms with Gasteiger partial charge in [0.25, 0.3) is 0 Å². The summed E-state index contributed by atoms with van der Waals surface area (Å²) >= 11 is 15.0. The zero-order valence-corrected chi connectivity index (χ0v) is 14.8. The van der Waals surface area contributed by atoms with E-state index in [2.05, 4.69) is 31.9 Å². The molecule has 0 fully saturated rings. The Morgan fingerprint density at radius 1 is 0.957 bits per heavy atom. The van der Waals surface area contributed by atoms with E-state index in [-0.39, 0.29) is 6.54 Å². The van der Waals surface area contributed by atoms with Crippen LogP contribution in [0, 0.1) is 0 Å². The molecule has 2 aromatic rings. The van der Waals surface area contributed by atoms with E-state index in [9.17, 15) is 9.59 Å². The second-order valence-corrected chi connectivity index (χ2v) is 6.22. The summed E-state index contributed by atoms with van der Waals surface area (Å²) < 4.78 is 0.894. The van der Waals surface area contributed by atoms with Crippen LogP contribution in [0.1, 0.15) is 0 Å². The molecule has 0 bridgehead atoms. The van der Waals surface area contributed by atoms with Crippen LogP contribution in [0.25, 0.3) is 0 Å². The molecule has 3 N–H and O–H groups in total. The molecule has 0 unspecified atom stereocenters. The zero-order valence-electron chi connectivity index (χ0n) is 11.7. The van der Waals surface area contributed by atoms with Crippen molar-refractivity contribution in [3.8, 4) is 0 Å². The molecular formula is C15H12BrCl2N3O2. The monoisotopic (exact) mass is 415 g/mol. The van der Waals surface area contributed by atoms with Crippen molar-refractivity contribution in [3.63, 3.8) is 0 Å². The van der Waals surface area contributed by atoms with E-state index in [1.54, 1.807) is 42.5 Å². The van der Waals surface area contributed by atoms with Crippen molar-refractivity contribution in [2.45, 2.75) is 0 Å².